The lowest BCUT2D eigenvalue weighted by Crippen LogP contribution is -2.48. The molecule has 0 aliphatic heterocycles. The molecule has 10 nitrogen and oxygen atoms in total. The van der Waals surface area contributed by atoms with Crippen LogP contribution < -0.4 is 20.1 Å². The zero-order valence-corrected chi connectivity index (χ0v) is 25.0. The summed E-state index contributed by atoms with van der Waals surface area (Å²) in [5, 5.41) is 14.2. The number of fused-ring (bicyclic) bond motifs is 2. The molecule has 3 aromatic rings. The van der Waals surface area contributed by atoms with Crippen LogP contribution in [0.25, 0.3) is 11.1 Å². The van der Waals surface area contributed by atoms with Gasteiger partial charge in [-0.3, -0.25) is 9.59 Å². The molecule has 2 amide bonds. The molecule has 0 saturated heterocycles. The quantitative estimate of drug-likeness (QED) is 0.256. The highest BCUT2D eigenvalue weighted by atomic mass is 32.2. The lowest BCUT2D eigenvalue weighted by atomic mass is 9.83. The number of hydrogen-bond acceptors (Lipinski definition) is 7. The van der Waals surface area contributed by atoms with Crippen molar-refractivity contribution in [1.82, 2.24) is 5.32 Å². The second kappa shape index (κ2) is 12.6. The molecule has 4 atom stereocenters. The number of sulfone groups is 1. The van der Waals surface area contributed by atoms with Gasteiger partial charge in [-0.25, -0.2) is 17.6 Å². The van der Waals surface area contributed by atoms with Crippen molar-refractivity contribution >= 4 is 33.3 Å². The first-order valence-corrected chi connectivity index (χ1v) is 15.5. The minimum absolute atomic E-state index is 0.0166. The number of nitrogens with one attached hydrogen (secondary N) is 2. The number of carbonyl (C=O) groups excluding carboxylic acids is 2. The van der Waals surface area contributed by atoms with Crippen molar-refractivity contribution in [2.45, 2.75) is 35.7 Å². The highest BCUT2D eigenvalue weighted by Gasteiger charge is 2.52. The van der Waals surface area contributed by atoms with Gasteiger partial charge in [-0.15, -0.1) is 0 Å². The van der Waals surface area contributed by atoms with Crippen molar-refractivity contribution in [3.8, 4) is 22.6 Å². The number of anilines is 1. The molecule has 0 aromatic heterocycles. The molecule has 2 saturated carbocycles. The molecular formula is C31H28F4N2O8S. The lowest BCUT2D eigenvalue weighted by molar-refractivity contribution is -0.139. The van der Waals surface area contributed by atoms with Crippen LogP contribution in [-0.4, -0.2) is 56.6 Å². The van der Waals surface area contributed by atoms with Crippen LogP contribution in [0, 0.1) is 23.6 Å². The lowest BCUT2D eigenvalue weighted by Gasteiger charge is -2.31. The molecule has 46 heavy (non-hydrogen) atoms. The maximum Gasteiger partial charge on any atom is 0.501 e. The highest BCUT2D eigenvalue weighted by molar-refractivity contribution is 7.92. The third-order valence-corrected chi connectivity index (χ3v) is 9.78. The van der Waals surface area contributed by atoms with Gasteiger partial charge in [0.2, 0.25) is 5.91 Å². The van der Waals surface area contributed by atoms with Gasteiger partial charge < -0.3 is 25.2 Å². The Labute approximate surface area is 260 Å². The Kier molecular flexibility index (Phi) is 8.98. The van der Waals surface area contributed by atoms with E-state index in [1.165, 1.54) is 43.5 Å². The van der Waals surface area contributed by atoms with E-state index >= 15 is 4.39 Å². The summed E-state index contributed by atoms with van der Waals surface area (Å²) in [4.78, 5) is 36.8. The van der Waals surface area contributed by atoms with Gasteiger partial charge in [0.25, 0.3) is 15.7 Å². The molecule has 15 heteroatoms. The molecule has 2 aliphatic rings. The van der Waals surface area contributed by atoms with Gasteiger partial charge >= 0.3 is 11.5 Å². The Balaban J connectivity index is 1.37. The fourth-order valence-electron chi connectivity index (χ4n) is 6.20. The molecular weight excluding hydrogens is 636 g/mol. The van der Waals surface area contributed by atoms with E-state index in [4.69, 9.17) is 14.6 Å². The molecule has 0 unspecified atom stereocenters. The molecule has 0 heterocycles. The van der Waals surface area contributed by atoms with E-state index in [2.05, 4.69) is 10.6 Å². The summed E-state index contributed by atoms with van der Waals surface area (Å²) in [6.07, 6.45) is 2.03. The second-order valence-corrected chi connectivity index (χ2v) is 13.0. The zero-order valence-electron chi connectivity index (χ0n) is 24.1. The Morgan fingerprint density at radius 3 is 2.35 bits per heavy atom. The molecule has 2 bridgehead atoms. The molecule has 2 aliphatic carbocycles. The van der Waals surface area contributed by atoms with Gasteiger partial charge in [-0.05, 0) is 73.1 Å². The fraction of sp³-hybridized carbons (Fsp3) is 0.323. The minimum Gasteiger partial charge on any atom is -0.496 e. The summed E-state index contributed by atoms with van der Waals surface area (Å²) in [5.41, 5.74) is -5.27. The first-order chi connectivity index (χ1) is 21.7. The number of benzene rings is 3. The SMILES string of the molecule is COc1cc(F)c(-c2ccc(OCC(=O)O)cc2)cc1C(=O)N[C@@H]1[C@H]2CC[C@H](C2)[C@@H]1C(=O)Nc1cccc(S(=O)(=O)C(F)(F)F)c1. The summed E-state index contributed by atoms with van der Waals surface area (Å²) in [6, 6.07) is 11.4. The van der Waals surface area contributed by atoms with Crippen molar-refractivity contribution in [2.75, 3.05) is 19.0 Å². The molecule has 3 N–H and O–H groups in total. The number of aliphatic carboxylic acids is 1. The fourth-order valence-corrected chi connectivity index (χ4v) is 7.01. The monoisotopic (exact) mass is 664 g/mol. The summed E-state index contributed by atoms with van der Waals surface area (Å²) in [6.45, 7) is -0.561. The van der Waals surface area contributed by atoms with Crippen molar-refractivity contribution in [2.24, 2.45) is 17.8 Å². The predicted molar refractivity (Wildman–Crippen MR) is 155 cm³/mol. The van der Waals surface area contributed by atoms with Gasteiger partial charge in [-0.2, -0.15) is 13.2 Å². The number of carbonyl (C=O) groups is 3. The maximum absolute atomic E-state index is 15.1. The van der Waals surface area contributed by atoms with Crippen LogP contribution in [0.2, 0.25) is 0 Å². The number of halogens is 4. The number of carboxylic acids is 1. The van der Waals surface area contributed by atoms with Crippen LogP contribution in [0.4, 0.5) is 23.2 Å². The standard InChI is InChI=1S/C31H28F4N2O8S/c1-44-25-14-24(32)22(16-7-9-20(10-8-16)45-15-26(38)39)13-23(25)29(40)37-28-18-6-5-17(11-18)27(28)30(41)36-19-3-2-4-21(12-19)46(42,43)31(33,34)35/h2-4,7-10,12-14,17-18,27-28H,5-6,11,15H2,1H3,(H,36,41)(H,37,40)(H,38,39)/t17-,18+,27+,28-/m1/s1. The first-order valence-electron chi connectivity index (χ1n) is 14.0. The van der Waals surface area contributed by atoms with Crippen LogP contribution >= 0.6 is 0 Å². The summed E-state index contributed by atoms with van der Waals surface area (Å²) < 4.78 is 88.4. The van der Waals surface area contributed by atoms with Crippen LogP contribution in [0.5, 0.6) is 11.5 Å². The van der Waals surface area contributed by atoms with E-state index in [1.807, 2.05) is 0 Å². The molecule has 244 valence electrons. The molecule has 5 rings (SSSR count). The van der Waals surface area contributed by atoms with Crippen LogP contribution in [-0.2, 0) is 19.4 Å². The van der Waals surface area contributed by atoms with E-state index in [0.29, 0.717) is 18.4 Å². The largest absolute Gasteiger partial charge is 0.501 e. The van der Waals surface area contributed by atoms with E-state index < -0.39 is 62.4 Å². The van der Waals surface area contributed by atoms with E-state index in [9.17, 15) is 36.0 Å². The Hall–Kier alpha value is -4.66. The Morgan fingerprint density at radius 2 is 1.70 bits per heavy atom. The van der Waals surface area contributed by atoms with E-state index in [-0.39, 0.29) is 40.1 Å². The third-order valence-electron chi connectivity index (χ3n) is 8.29. The van der Waals surface area contributed by atoms with Crippen molar-refractivity contribution < 1.29 is 54.9 Å². The average Bonchev–Trinajstić information content (AvgIpc) is 3.62. The summed E-state index contributed by atoms with van der Waals surface area (Å²) >= 11 is 0. The number of carboxylic acid groups (broad SMARTS) is 1. The van der Waals surface area contributed by atoms with Crippen molar-refractivity contribution in [3.05, 3.63) is 72.0 Å². The molecule has 0 radical (unpaired) electrons. The zero-order chi connectivity index (χ0) is 33.4. The minimum atomic E-state index is -5.64. The van der Waals surface area contributed by atoms with Gasteiger partial charge in [-0.1, -0.05) is 18.2 Å². The second-order valence-electron chi connectivity index (χ2n) is 11.1. The van der Waals surface area contributed by atoms with Crippen LogP contribution in [0.15, 0.2) is 65.6 Å². The third kappa shape index (κ3) is 6.50. The van der Waals surface area contributed by atoms with Crippen LogP contribution in [0.1, 0.15) is 29.6 Å². The Morgan fingerprint density at radius 1 is 1.00 bits per heavy atom. The number of ether oxygens (including phenoxy) is 2. The smallest absolute Gasteiger partial charge is 0.496 e. The number of alkyl halides is 3. The van der Waals surface area contributed by atoms with Gasteiger partial charge in [0.15, 0.2) is 6.61 Å². The molecule has 3 aromatic carbocycles. The molecule has 2 fully saturated rings. The Bertz CT molecular complexity index is 1780. The topological polar surface area (TPSA) is 148 Å². The highest BCUT2D eigenvalue weighted by Crippen LogP contribution is 2.49. The number of rotatable bonds is 10. The normalized spacial score (nSPS) is 20.6. The number of hydrogen-bond donors (Lipinski definition) is 3. The predicted octanol–water partition coefficient (Wildman–Crippen LogP) is 5.04. The maximum atomic E-state index is 15.1. The average molecular weight is 665 g/mol. The van der Waals surface area contributed by atoms with Crippen molar-refractivity contribution in [3.63, 3.8) is 0 Å². The van der Waals surface area contributed by atoms with E-state index in [1.54, 1.807) is 0 Å². The van der Waals surface area contributed by atoms with Crippen LogP contribution in [0.3, 0.4) is 0 Å². The number of methoxy groups -OCH3 is 1. The first kappa shape index (κ1) is 32.7. The van der Waals surface area contributed by atoms with Gasteiger partial charge in [0, 0.05) is 23.4 Å². The van der Waals surface area contributed by atoms with Gasteiger partial charge in [0.1, 0.15) is 17.3 Å². The van der Waals surface area contributed by atoms with Gasteiger partial charge in [0.05, 0.1) is 23.5 Å². The summed E-state index contributed by atoms with van der Waals surface area (Å²) in [5.74, 6) is -3.89. The number of amides is 2. The van der Waals surface area contributed by atoms with Crippen molar-refractivity contribution in [1.29, 1.82) is 0 Å². The summed E-state index contributed by atoms with van der Waals surface area (Å²) in [7, 11) is -4.37. The molecule has 0 spiro atoms. The van der Waals surface area contributed by atoms with E-state index in [0.717, 1.165) is 30.7 Å².